The van der Waals surface area contributed by atoms with Gasteiger partial charge in [0.2, 0.25) is 5.91 Å². The first-order valence-corrected chi connectivity index (χ1v) is 8.37. The first-order chi connectivity index (χ1) is 11.3. The number of aryl methyl sites for hydroxylation is 1. The molecule has 1 aromatic heterocycles. The van der Waals surface area contributed by atoms with E-state index in [-0.39, 0.29) is 12.0 Å². The van der Waals surface area contributed by atoms with Crippen molar-refractivity contribution in [2.24, 2.45) is 11.1 Å². The van der Waals surface area contributed by atoms with Crippen LogP contribution in [0.4, 0.5) is 5.69 Å². The molecule has 0 bridgehead atoms. The largest absolute Gasteiger partial charge is 0.378 e. The molecule has 0 spiro atoms. The highest BCUT2D eigenvalue weighted by atomic mass is 16.5. The van der Waals surface area contributed by atoms with Crippen molar-refractivity contribution < 1.29 is 9.53 Å². The van der Waals surface area contributed by atoms with E-state index in [1.54, 1.807) is 6.20 Å². The number of nitrogens with one attached hydrogen (secondary N) is 1. The van der Waals surface area contributed by atoms with Crippen molar-refractivity contribution >= 4 is 22.5 Å². The van der Waals surface area contributed by atoms with Gasteiger partial charge in [0.15, 0.2) is 0 Å². The van der Waals surface area contributed by atoms with Crippen molar-refractivity contribution in [2.45, 2.75) is 45.8 Å². The molecule has 1 aliphatic carbocycles. The van der Waals surface area contributed by atoms with Gasteiger partial charge < -0.3 is 15.8 Å². The Bertz CT molecular complexity index is 787. The number of rotatable bonds is 4. The summed E-state index contributed by atoms with van der Waals surface area (Å²) in [5.74, 6) is -0.169. The summed E-state index contributed by atoms with van der Waals surface area (Å²) in [7, 11) is 0. The maximum Gasteiger partial charge on any atom is 0.245 e. The predicted octanol–water partition coefficient (Wildman–Crippen LogP) is 3.01. The standard InChI is InChI=1S/C19H25N3O2/c1-5-24-15-11-19(20,18(15,3)4)17(23)22-14-9-8-12(2)16-13(14)7-6-10-21-16/h6-10,15H,5,11,20H2,1-4H3,(H,22,23). The van der Waals surface area contributed by atoms with Crippen LogP contribution in [0.3, 0.4) is 0 Å². The SMILES string of the molecule is CCOC1CC(N)(C(=O)Nc2ccc(C)c3ncccc23)C1(C)C. The molecule has 0 radical (unpaired) electrons. The molecule has 5 nitrogen and oxygen atoms in total. The van der Waals surface area contributed by atoms with Gasteiger partial charge in [0, 0.05) is 30.0 Å². The average molecular weight is 327 g/mol. The fraction of sp³-hybridized carbons (Fsp3) is 0.474. The number of pyridine rings is 1. The molecular weight excluding hydrogens is 302 g/mol. The van der Waals surface area contributed by atoms with Crippen LogP contribution in [0.25, 0.3) is 10.9 Å². The summed E-state index contributed by atoms with van der Waals surface area (Å²) in [4.78, 5) is 17.3. The topological polar surface area (TPSA) is 77.2 Å². The smallest absolute Gasteiger partial charge is 0.245 e. The van der Waals surface area contributed by atoms with Crippen LogP contribution in [0.15, 0.2) is 30.5 Å². The number of hydrogen-bond donors (Lipinski definition) is 2. The fourth-order valence-electron chi connectivity index (χ4n) is 3.48. The summed E-state index contributed by atoms with van der Waals surface area (Å²) in [6.45, 7) is 8.57. The molecule has 2 unspecified atom stereocenters. The van der Waals surface area contributed by atoms with Gasteiger partial charge in [-0.1, -0.05) is 19.9 Å². The molecule has 0 saturated heterocycles. The molecule has 2 atom stereocenters. The molecule has 128 valence electrons. The molecule has 1 fully saturated rings. The van der Waals surface area contributed by atoms with Crippen molar-refractivity contribution in [3.05, 3.63) is 36.0 Å². The highest BCUT2D eigenvalue weighted by Gasteiger charge is 2.62. The third-order valence-corrected chi connectivity index (χ3v) is 5.45. The maximum absolute atomic E-state index is 12.9. The molecule has 1 aromatic carbocycles. The quantitative estimate of drug-likeness (QED) is 0.905. The Hall–Kier alpha value is -1.98. The lowest BCUT2D eigenvalue weighted by Gasteiger charge is -2.57. The number of anilines is 1. The van der Waals surface area contributed by atoms with Crippen molar-refractivity contribution in [3.63, 3.8) is 0 Å². The second-order valence-corrected chi connectivity index (χ2v) is 7.12. The van der Waals surface area contributed by atoms with Gasteiger partial charge in [0.25, 0.3) is 0 Å². The van der Waals surface area contributed by atoms with Crippen LogP contribution in [0, 0.1) is 12.3 Å². The van der Waals surface area contributed by atoms with Gasteiger partial charge >= 0.3 is 0 Å². The van der Waals surface area contributed by atoms with Gasteiger partial charge in [-0.05, 0) is 37.6 Å². The number of ether oxygens (including phenoxy) is 1. The zero-order valence-corrected chi connectivity index (χ0v) is 14.7. The van der Waals surface area contributed by atoms with Gasteiger partial charge in [0.1, 0.15) is 5.54 Å². The summed E-state index contributed by atoms with van der Waals surface area (Å²) in [6.07, 6.45) is 2.30. The average Bonchev–Trinajstić information content (AvgIpc) is 2.57. The lowest BCUT2D eigenvalue weighted by molar-refractivity contribution is -0.166. The number of amides is 1. The van der Waals surface area contributed by atoms with Crippen molar-refractivity contribution in [2.75, 3.05) is 11.9 Å². The molecule has 1 amide bonds. The number of benzene rings is 1. The number of fused-ring (bicyclic) bond motifs is 1. The summed E-state index contributed by atoms with van der Waals surface area (Å²) < 4.78 is 5.70. The third-order valence-electron chi connectivity index (χ3n) is 5.45. The van der Waals surface area contributed by atoms with Crippen molar-refractivity contribution in [3.8, 4) is 0 Å². The molecule has 2 aromatic rings. The summed E-state index contributed by atoms with van der Waals surface area (Å²) in [5.41, 5.74) is 7.82. The van der Waals surface area contributed by atoms with Crippen LogP contribution in [0.5, 0.6) is 0 Å². The Kier molecular flexibility index (Phi) is 4.10. The van der Waals surface area contributed by atoms with Gasteiger partial charge in [-0.2, -0.15) is 0 Å². The van der Waals surface area contributed by atoms with E-state index >= 15 is 0 Å². The minimum atomic E-state index is -0.938. The van der Waals surface area contributed by atoms with Crippen LogP contribution in [0.1, 0.15) is 32.8 Å². The molecular formula is C19H25N3O2. The highest BCUT2D eigenvalue weighted by molar-refractivity contribution is 6.06. The molecule has 0 aliphatic heterocycles. The Morgan fingerprint density at radius 1 is 1.42 bits per heavy atom. The Morgan fingerprint density at radius 3 is 2.83 bits per heavy atom. The van der Waals surface area contributed by atoms with Gasteiger partial charge in [-0.3, -0.25) is 9.78 Å². The number of nitrogens with zero attached hydrogens (tertiary/aromatic N) is 1. The molecule has 5 heteroatoms. The van der Waals surface area contributed by atoms with Crippen LogP contribution in [0.2, 0.25) is 0 Å². The Morgan fingerprint density at radius 2 is 2.17 bits per heavy atom. The van der Waals surface area contributed by atoms with Crippen LogP contribution < -0.4 is 11.1 Å². The zero-order chi connectivity index (χ0) is 17.5. The molecule has 1 heterocycles. The van der Waals surface area contributed by atoms with Crippen molar-refractivity contribution in [1.29, 1.82) is 0 Å². The normalized spacial score (nSPS) is 25.3. The van der Waals surface area contributed by atoms with E-state index in [1.807, 2.05) is 52.0 Å². The van der Waals surface area contributed by atoms with Crippen LogP contribution in [-0.2, 0) is 9.53 Å². The summed E-state index contributed by atoms with van der Waals surface area (Å²) in [5, 5.41) is 3.94. The van der Waals surface area contributed by atoms with Crippen LogP contribution in [-0.4, -0.2) is 29.1 Å². The van der Waals surface area contributed by atoms with Gasteiger partial charge in [-0.15, -0.1) is 0 Å². The van der Waals surface area contributed by atoms with E-state index in [1.165, 1.54) is 0 Å². The molecule has 24 heavy (non-hydrogen) atoms. The minimum absolute atomic E-state index is 0.00896. The van der Waals surface area contributed by atoms with E-state index in [2.05, 4.69) is 10.3 Å². The second kappa shape index (κ2) is 5.83. The molecule has 3 rings (SSSR count). The van der Waals surface area contributed by atoms with E-state index in [0.29, 0.717) is 13.0 Å². The lowest BCUT2D eigenvalue weighted by atomic mass is 9.54. The van der Waals surface area contributed by atoms with Crippen LogP contribution >= 0.6 is 0 Å². The number of hydrogen-bond acceptors (Lipinski definition) is 4. The molecule has 3 N–H and O–H groups in total. The maximum atomic E-state index is 12.9. The van der Waals surface area contributed by atoms with E-state index in [0.717, 1.165) is 22.2 Å². The monoisotopic (exact) mass is 327 g/mol. The second-order valence-electron chi connectivity index (χ2n) is 7.12. The highest BCUT2D eigenvalue weighted by Crippen LogP contribution is 2.50. The zero-order valence-electron chi connectivity index (χ0n) is 14.7. The van der Waals surface area contributed by atoms with E-state index in [4.69, 9.17) is 10.5 Å². The summed E-state index contributed by atoms with van der Waals surface area (Å²) in [6, 6.07) is 7.70. The first-order valence-electron chi connectivity index (χ1n) is 8.37. The third kappa shape index (κ3) is 2.39. The van der Waals surface area contributed by atoms with Crippen molar-refractivity contribution in [1.82, 2.24) is 4.98 Å². The minimum Gasteiger partial charge on any atom is -0.378 e. The Labute approximate surface area is 142 Å². The number of carbonyl (C=O) groups excluding carboxylic acids is 1. The fourth-order valence-corrected chi connectivity index (χ4v) is 3.48. The predicted molar refractivity (Wildman–Crippen MR) is 95.8 cm³/mol. The van der Waals surface area contributed by atoms with Gasteiger partial charge in [-0.25, -0.2) is 0 Å². The van der Waals surface area contributed by atoms with Gasteiger partial charge in [0.05, 0.1) is 17.3 Å². The Balaban J connectivity index is 1.88. The molecule has 1 aliphatic rings. The van der Waals surface area contributed by atoms with E-state index in [9.17, 15) is 4.79 Å². The lowest BCUT2D eigenvalue weighted by Crippen LogP contribution is -2.74. The number of carbonyl (C=O) groups is 1. The number of nitrogens with two attached hydrogens (primary N) is 1. The number of aromatic nitrogens is 1. The van der Waals surface area contributed by atoms with E-state index < -0.39 is 11.0 Å². The molecule has 1 saturated carbocycles. The first kappa shape index (κ1) is 16.9. The summed E-state index contributed by atoms with van der Waals surface area (Å²) >= 11 is 0.